The van der Waals surface area contributed by atoms with Gasteiger partial charge in [0, 0.05) is 18.9 Å². The van der Waals surface area contributed by atoms with Crippen molar-refractivity contribution in [3.63, 3.8) is 0 Å². The summed E-state index contributed by atoms with van der Waals surface area (Å²) in [4.78, 5) is 16.7. The monoisotopic (exact) mass is 338 g/mol. The van der Waals surface area contributed by atoms with Crippen LogP contribution in [0.25, 0.3) is 5.69 Å². The first-order valence-electron chi connectivity index (χ1n) is 8.11. The van der Waals surface area contributed by atoms with Crippen molar-refractivity contribution < 1.29 is 9.18 Å². The smallest absolute Gasteiger partial charge is 0.255 e. The van der Waals surface area contributed by atoms with Crippen molar-refractivity contribution in [1.29, 1.82) is 0 Å². The van der Waals surface area contributed by atoms with Gasteiger partial charge in [0.25, 0.3) is 5.91 Å². The minimum Gasteiger partial charge on any atom is -0.348 e. The largest absolute Gasteiger partial charge is 0.348 e. The number of hydrogen-bond acceptors (Lipinski definition) is 3. The first-order chi connectivity index (χ1) is 12.1. The molecular weight excluding hydrogens is 319 g/mol. The van der Waals surface area contributed by atoms with Crippen LogP contribution in [0.1, 0.15) is 34.2 Å². The van der Waals surface area contributed by atoms with Crippen molar-refractivity contribution in [3.05, 3.63) is 77.1 Å². The molecule has 0 spiro atoms. The van der Waals surface area contributed by atoms with Gasteiger partial charge in [-0.3, -0.25) is 9.78 Å². The van der Waals surface area contributed by atoms with Gasteiger partial charge in [-0.2, -0.15) is 5.10 Å². The van der Waals surface area contributed by atoms with Gasteiger partial charge in [-0.1, -0.05) is 13.0 Å². The molecule has 0 aliphatic carbocycles. The number of pyridine rings is 1. The van der Waals surface area contributed by atoms with Gasteiger partial charge >= 0.3 is 0 Å². The van der Waals surface area contributed by atoms with Gasteiger partial charge in [0.1, 0.15) is 5.82 Å². The van der Waals surface area contributed by atoms with E-state index in [9.17, 15) is 9.18 Å². The zero-order valence-electron chi connectivity index (χ0n) is 14.2. The van der Waals surface area contributed by atoms with E-state index in [1.807, 2.05) is 19.1 Å². The van der Waals surface area contributed by atoms with Crippen molar-refractivity contribution in [2.75, 3.05) is 0 Å². The summed E-state index contributed by atoms with van der Waals surface area (Å²) >= 11 is 0. The Bertz CT molecular complexity index is 872. The summed E-state index contributed by atoms with van der Waals surface area (Å²) in [6.45, 7) is 4.17. The molecular formula is C19H19FN4O. The number of rotatable bonds is 5. The van der Waals surface area contributed by atoms with E-state index in [0.29, 0.717) is 24.2 Å². The zero-order valence-corrected chi connectivity index (χ0v) is 14.2. The van der Waals surface area contributed by atoms with E-state index in [1.54, 1.807) is 36.1 Å². The second kappa shape index (κ2) is 7.25. The Hall–Kier alpha value is -3.02. The molecule has 0 radical (unpaired) electrons. The van der Waals surface area contributed by atoms with E-state index in [1.165, 1.54) is 12.1 Å². The molecule has 3 aromatic rings. The maximum Gasteiger partial charge on any atom is 0.255 e. The molecule has 25 heavy (non-hydrogen) atoms. The van der Waals surface area contributed by atoms with Gasteiger partial charge in [-0.05, 0) is 49.2 Å². The maximum atomic E-state index is 13.2. The number of carbonyl (C=O) groups excluding carboxylic acids is 1. The Morgan fingerprint density at radius 2 is 2.00 bits per heavy atom. The van der Waals surface area contributed by atoms with Gasteiger partial charge in [0.05, 0.1) is 22.6 Å². The molecule has 2 heterocycles. The van der Waals surface area contributed by atoms with E-state index < -0.39 is 0 Å². The number of halogens is 1. The molecule has 1 aromatic carbocycles. The van der Waals surface area contributed by atoms with Crippen LogP contribution in [0.5, 0.6) is 0 Å². The lowest BCUT2D eigenvalue weighted by atomic mass is 10.1. The molecule has 5 nitrogen and oxygen atoms in total. The summed E-state index contributed by atoms with van der Waals surface area (Å²) in [6.07, 6.45) is 4.04. The third-order valence-electron chi connectivity index (χ3n) is 3.97. The van der Waals surface area contributed by atoms with Crippen LogP contribution in [-0.2, 0) is 13.0 Å². The Balaban J connectivity index is 1.88. The first-order valence-corrected chi connectivity index (χ1v) is 8.11. The molecule has 1 N–H and O–H groups in total. The summed E-state index contributed by atoms with van der Waals surface area (Å²) in [5, 5.41) is 7.39. The van der Waals surface area contributed by atoms with Gasteiger partial charge in [0.15, 0.2) is 0 Å². The summed E-state index contributed by atoms with van der Waals surface area (Å²) in [5.41, 5.74) is 3.67. The highest BCUT2D eigenvalue weighted by molar-refractivity contribution is 5.96. The Labute approximate surface area is 145 Å². The van der Waals surface area contributed by atoms with Crippen LogP contribution in [-0.4, -0.2) is 20.7 Å². The Morgan fingerprint density at radius 1 is 1.24 bits per heavy atom. The molecule has 0 unspecified atom stereocenters. The zero-order chi connectivity index (χ0) is 17.8. The third kappa shape index (κ3) is 3.57. The lowest BCUT2D eigenvalue weighted by Gasteiger charge is -2.09. The van der Waals surface area contributed by atoms with Crippen LogP contribution in [0.15, 0.2) is 48.8 Å². The van der Waals surface area contributed by atoms with Gasteiger partial charge in [-0.25, -0.2) is 9.07 Å². The lowest BCUT2D eigenvalue weighted by molar-refractivity contribution is 0.0949. The number of benzene rings is 1. The number of aryl methyl sites for hydroxylation is 1. The number of nitrogens with zero attached hydrogens (tertiary/aromatic N) is 3. The Kier molecular flexibility index (Phi) is 4.88. The van der Waals surface area contributed by atoms with Crippen molar-refractivity contribution in [2.45, 2.75) is 26.8 Å². The predicted octanol–water partition coefficient (Wildman–Crippen LogP) is 3.21. The van der Waals surface area contributed by atoms with Crippen molar-refractivity contribution in [2.24, 2.45) is 0 Å². The van der Waals surface area contributed by atoms with E-state index in [0.717, 1.165) is 16.9 Å². The van der Waals surface area contributed by atoms with Gasteiger partial charge < -0.3 is 5.32 Å². The Morgan fingerprint density at radius 3 is 2.64 bits per heavy atom. The van der Waals surface area contributed by atoms with Gasteiger partial charge in [0.2, 0.25) is 0 Å². The first kappa shape index (κ1) is 16.8. The molecule has 0 aliphatic heterocycles. The summed E-state index contributed by atoms with van der Waals surface area (Å²) < 4.78 is 14.9. The second-order valence-electron chi connectivity index (χ2n) is 5.69. The molecule has 0 bridgehead atoms. The summed E-state index contributed by atoms with van der Waals surface area (Å²) in [6, 6.07) is 9.80. The van der Waals surface area contributed by atoms with E-state index >= 15 is 0 Å². The molecule has 2 aromatic heterocycles. The molecule has 0 saturated heterocycles. The predicted molar refractivity (Wildman–Crippen MR) is 93.0 cm³/mol. The van der Waals surface area contributed by atoms with E-state index in [2.05, 4.69) is 15.4 Å². The molecule has 0 saturated carbocycles. The maximum absolute atomic E-state index is 13.2. The quantitative estimate of drug-likeness (QED) is 0.777. The van der Waals surface area contributed by atoms with Crippen molar-refractivity contribution in [3.8, 4) is 5.69 Å². The molecule has 6 heteroatoms. The van der Waals surface area contributed by atoms with Crippen LogP contribution >= 0.6 is 0 Å². The SMILES string of the molecule is CCc1c(C(=O)NCc2cccnc2)c(C)nn1-c1ccc(F)cc1. The number of hydrogen-bond donors (Lipinski definition) is 1. The average Bonchev–Trinajstić information content (AvgIpc) is 2.97. The number of nitrogens with one attached hydrogen (secondary N) is 1. The summed E-state index contributed by atoms with van der Waals surface area (Å²) in [7, 11) is 0. The molecule has 0 atom stereocenters. The third-order valence-corrected chi connectivity index (χ3v) is 3.97. The topological polar surface area (TPSA) is 59.8 Å². The molecule has 0 fully saturated rings. The fourth-order valence-electron chi connectivity index (χ4n) is 2.77. The molecule has 128 valence electrons. The fraction of sp³-hybridized carbons (Fsp3) is 0.211. The fourth-order valence-corrected chi connectivity index (χ4v) is 2.77. The highest BCUT2D eigenvalue weighted by Gasteiger charge is 2.21. The second-order valence-corrected chi connectivity index (χ2v) is 5.69. The number of amides is 1. The number of carbonyl (C=O) groups is 1. The van der Waals surface area contributed by atoms with Crippen molar-refractivity contribution >= 4 is 5.91 Å². The molecule has 0 aliphatic rings. The van der Waals surface area contributed by atoms with Crippen LogP contribution < -0.4 is 5.32 Å². The van der Waals surface area contributed by atoms with Crippen LogP contribution in [0.3, 0.4) is 0 Å². The standard InChI is InChI=1S/C19H19FN4O/c1-3-17-18(19(25)22-12-14-5-4-10-21-11-14)13(2)23-24(17)16-8-6-15(20)7-9-16/h4-11H,3,12H2,1-2H3,(H,22,25). The van der Waals surface area contributed by atoms with Crippen LogP contribution in [0, 0.1) is 12.7 Å². The van der Waals surface area contributed by atoms with Crippen LogP contribution in [0.2, 0.25) is 0 Å². The molecule has 3 rings (SSSR count). The van der Waals surface area contributed by atoms with Crippen molar-refractivity contribution in [1.82, 2.24) is 20.1 Å². The minimum atomic E-state index is -0.305. The van der Waals surface area contributed by atoms with E-state index in [4.69, 9.17) is 0 Å². The number of aromatic nitrogens is 3. The average molecular weight is 338 g/mol. The lowest BCUT2D eigenvalue weighted by Crippen LogP contribution is -2.24. The van der Waals surface area contributed by atoms with E-state index in [-0.39, 0.29) is 11.7 Å². The highest BCUT2D eigenvalue weighted by Crippen LogP contribution is 2.20. The molecule has 1 amide bonds. The minimum absolute atomic E-state index is 0.174. The highest BCUT2D eigenvalue weighted by atomic mass is 19.1. The summed E-state index contributed by atoms with van der Waals surface area (Å²) in [5.74, 6) is -0.480. The van der Waals surface area contributed by atoms with Gasteiger partial charge in [-0.15, -0.1) is 0 Å². The normalized spacial score (nSPS) is 10.7. The van der Waals surface area contributed by atoms with Crippen LogP contribution in [0.4, 0.5) is 4.39 Å².